The van der Waals surface area contributed by atoms with Gasteiger partial charge in [-0.1, -0.05) is 6.07 Å². The maximum Gasteiger partial charge on any atom is 0.243 e. The molecule has 1 fully saturated rings. The molecule has 0 aromatic heterocycles. The van der Waals surface area contributed by atoms with Gasteiger partial charge in [-0.25, -0.2) is 0 Å². The van der Waals surface area contributed by atoms with Crippen molar-refractivity contribution in [1.29, 1.82) is 0 Å². The molecule has 15 heavy (non-hydrogen) atoms. The molecule has 1 amide bonds. The molecule has 4 heteroatoms. The summed E-state index contributed by atoms with van der Waals surface area (Å²) in [5.41, 5.74) is 2.06. The maximum absolute atomic E-state index is 11.5. The van der Waals surface area contributed by atoms with Crippen LogP contribution in [-0.4, -0.2) is 18.5 Å². The predicted octanol–water partition coefficient (Wildman–Crippen LogP) is 2.37. The fourth-order valence-electron chi connectivity index (χ4n) is 2.01. The highest BCUT2D eigenvalue weighted by atomic mass is 79.9. The van der Waals surface area contributed by atoms with Gasteiger partial charge in [-0.2, -0.15) is 0 Å². The number of fused-ring (bicyclic) bond motifs is 1. The second kappa shape index (κ2) is 3.23. The topological polar surface area (TPSA) is 32.3 Å². The van der Waals surface area contributed by atoms with Gasteiger partial charge < -0.3 is 10.2 Å². The molecular weight excluding hydrogens is 256 g/mol. The predicted molar refractivity (Wildman–Crippen MR) is 63.1 cm³/mol. The lowest BCUT2D eigenvalue weighted by molar-refractivity contribution is -0.115. The minimum Gasteiger partial charge on any atom is -0.358 e. The van der Waals surface area contributed by atoms with Crippen LogP contribution in [0, 0.1) is 0 Å². The number of hydrogen-bond donors (Lipinski definition) is 1. The van der Waals surface area contributed by atoms with Gasteiger partial charge in [-0.3, -0.25) is 4.79 Å². The highest BCUT2D eigenvalue weighted by molar-refractivity contribution is 9.10. The van der Waals surface area contributed by atoms with E-state index in [2.05, 4.69) is 32.2 Å². The summed E-state index contributed by atoms with van der Waals surface area (Å²) in [6.45, 7) is 0.494. The third-order valence-electron chi connectivity index (χ3n) is 2.87. The van der Waals surface area contributed by atoms with Gasteiger partial charge in [0.1, 0.15) is 0 Å². The van der Waals surface area contributed by atoms with E-state index < -0.39 is 0 Å². The molecular formula is C11H11BrN2O. The van der Waals surface area contributed by atoms with Crippen molar-refractivity contribution < 1.29 is 4.79 Å². The Balaban J connectivity index is 2.09. The van der Waals surface area contributed by atoms with E-state index in [1.165, 1.54) is 12.8 Å². The molecule has 0 radical (unpaired) electrons. The fourth-order valence-corrected chi connectivity index (χ4v) is 2.46. The fraction of sp³-hybridized carbons (Fsp3) is 0.364. The summed E-state index contributed by atoms with van der Waals surface area (Å²) in [5, 5.41) is 2.91. The Hall–Kier alpha value is -1.03. The first kappa shape index (κ1) is 9.21. The number of halogens is 1. The maximum atomic E-state index is 11.5. The van der Waals surface area contributed by atoms with Gasteiger partial charge in [0, 0.05) is 10.5 Å². The van der Waals surface area contributed by atoms with E-state index in [0.717, 1.165) is 15.8 Å². The van der Waals surface area contributed by atoms with Crippen LogP contribution in [0.25, 0.3) is 0 Å². The Labute approximate surface area is 96.6 Å². The van der Waals surface area contributed by atoms with E-state index in [1.807, 2.05) is 12.1 Å². The van der Waals surface area contributed by atoms with Crippen molar-refractivity contribution in [2.24, 2.45) is 0 Å². The molecule has 0 bridgehead atoms. The number of carbonyl (C=O) groups is 1. The van der Waals surface area contributed by atoms with Gasteiger partial charge in [-0.05, 0) is 40.9 Å². The molecule has 1 aliphatic heterocycles. The first-order valence-electron chi connectivity index (χ1n) is 5.11. The van der Waals surface area contributed by atoms with Crippen LogP contribution < -0.4 is 10.2 Å². The van der Waals surface area contributed by atoms with Crippen LogP contribution in [0.3, 0.4) is 0 Å². The summed E-state index contributed by atoms with van der Waals surface area (Å²) < 4.78 is 0.957. The molecule has 0 atom stereocenters. The summed E-state index contributed by atoms with van der Waals surface area (Å²) in [6, 6.07) is 6.60. The van der Waals surface area contributed by atoms with E-state index >= 15 is 0 Å². The van der Waals surface area contributed by atoms with E-state index in [9.17, 15) is 4.79 Å². The normalized spacial score (nSPS) is 19.8. The number of benzene rings is 1. The van der Waals surface area contributed by atoms with Crippen molar-refractivity contribution in [1.82, 2.24) is 0 Å². The number of hydrogen-bond acceptors (Lipinski definition) is 2. The number of nitrogens with zero attached hydrogens (tertiary/aromatic N) is 1. The molecule has 1 aliphatic carbocycles. The highest BCUT2D eigenvalue weighted by Gasteiger charge is 2.34. The molecule has 1 aromatic carbocycles. The van der Waals surface area contributed by atoms with Gasteiger partial charge >= 0.3 is 0 Å². The van der Waals surface area contributed by atoms with Crippen molar-refractivity contribution in [3.05, 3.63) is 22.7 Å². The van der Waals surface area contributed by atoms with E-state index in [4.69, 9.17) is 0 Å². The average Bonchev–Trinajstić information content (AvgIpc) is 3.02. The Morgan fingerprint density at radius 2 is 2.20 bits per heavy atom. The number of nitrogens with one attached hydrogen (secondary N) is 1. The number of para-hydroxylation sites is 1. The van der Waals surface area contributed by atoms with Crippen LogP contribution in [-0.2, 0) is 4.79 Å². The Kier molecular flexibility index (Phi) is 1.99. The summed E-state index contributed by atoms with van der Waals surface area (Å²) in [7, 11) is 0. The zero-order valence-corrected chi connectivity index (χ0v) is 9.75. The number of amides is 1. The van der Waals surface area contributed by atoms with E-state index in [1.54, 1.807) is 0 Å². The Morgan fingerprint density at radius 3 is 2.93 bits per heavy atom. The Morgan fingerprint density at radius 1 is 1.40 bits per heavy atom. The first-order chi connectivity index (χ1) is 7.25. The molecule has 0 spiro atoms. The largest absolute Gasteiger partial charge is 0.358 e. The van der Waals surface area contributed by atoms with Crippen LogP contribution in [0.4, 0.5) is 11.4 Å². The zero-order chi connectivity index (χ0) is 10.4. The van der Waals surface area contributed by atoms with Gasteiger partial charge in [0.25, 0.3) is 0 Å². The van der Waals surface area contributed by atoms with E-state index in [-0.39, 0.29) is 5.91 Å². The smallest absolute Gasteiger partial charge is 0.243 e. The minimum atomic E-state index is 0.0845. The summed E-state index contributed by atoms with van der Waals surface area (Å²) in [5.74, 6) is 0.0845. The molecule has 1 saturated carbocycles. The van der Waals surface area contributed by atoms with Crippen molar-refractivity contribution in [3.63, 3.8) is 0 Å². The monoisotopic (exact) mass is 266 g/mol. The van der Waals surface area contributed by atoms with Crippen molar-refractivity contribution >= 4 is 33.2 Å². The van der Waals surface area contributed by atoms with Crippen LogP contribution in [0.2, 0.25) is 0 Å². The van der Waals surface area contributed by atoms with Gasteiger partial charge in [0.15, 0.2) is 0 Å². The molecule has 1 aromatic rings. The quantitative estimate of drug-likeness (QED) is 0.847. The summed E-state index contributed by atoms with van der Waals surface area (Å²) in [6.07, 6.45) is 2.42. The van der Waals surface area contributed by atoms with Gasteiger partial charge in [0.2, 0.25) is 5.91 Å². The summed E-state index contributed by atoms with van der Waals surface area (Å²) >= 11 is 3.47. The molecule has 0 unspecified atom stereocenters. The standard InChI is InChI=1S/C11H11BrN2O/c12-8-2-1-3-9-11(8)13-10(15)6-14(9)7-4-5-7/h1-3,7H,4-6H2,(H,13,15). The van der Waals surface area contributed by atoms with E-state index in [0.29, 0.717) is 12.6 Å². The average molecular weight is 267 g/mol. The van der Waals surface area contributed by atoms with Crippen LogP contribution >= 0.6 is 15.9 Å². The van der Waals surface area contributed by atoms with Crippen LogP contribution in [0.5, 0.6) is 0 Å². The lowest BCUT2D eigenvalue weighted by Crippen LogP contribution is -2.39. The van der Waals surface area contributed by atoms with Crippen molar-refractivity contribution in [3.8, 4) is 0 Å². The number of anilines is 2. The van der Waals surface area contributed by atoms with Crippen molar-refractivity contribution in [2.45, 2.75) is 18.9 Å². The molecule has 2 aliphatic rings. The first-order valence-corrected chi connectivity index (χ1v) is 5.90. The summed E-state index contributed by atoms with van der Waals surface area (Å²) in [4.78, 5) is 13.8. The second-order valence-electron chi connectivity index (χ2n) is 4.04. The Bertz CT molecular complexity index is 429. The van der Waals surface area contributed by atoms with Crippen LogP contribution in [0.15, 0.2) is 22.7 Å². The lowest BCUT2D eigenvalue weighted by Gasteiger charge is -2.31. The zero-order valence-electron chi connectivity index (χ0n) is 8.16. The van der Waals surface area contributed by atoms with Crippen LogP contribution in [0.1, 0.15) is 12.8 Å². The highest BCUT2D eigenvalue weighted by Crippen LogP contribution is 2.41. The van der Waals surface area contributed by atoms with Gasteiger partial charge in [0.05, 0.1) is 17.9 Å². The molecule has 1 N–H and O–H groups in total. The molecule has 3 rings (SSSR count). The lowest BCUT2D eigenvalue weighted by atomic mass is 10.2. The number of carbonyl (C=O) groups excluding carboxylic acids is 1. The molecule has 3 nitrogen and oxygen atoms in total. The third-order valence-corrected chi connectivity index (χ3v) is 3.53. The second-order valence-corrected chi connectivity index (χ2v) is 4.90. The molecule has 1 heterocycles. The number of rotatable bonds is 1. The molecule has 78 valence electrons. The third kappa shape index (κ3) is 1.53. The van der Waals surface area contributed by atoms with Crippen molar-refractivity contribution in [2.75, 3.05) is 16.8 Å². The van der Waals surface area contributed by atoms with Gasteiger partial charge in [-0.15, -0.1) is 0 Å². The minimum absolute atomic E-state index is 0.0845. The molecule has 0 saturated heterocycles. The SMILES string of the molecule is O=C1CN(C2CC2)c2cccc(Br)c2N1.